The van der Waals surface area contributed by atoms with Crippen molar-refractivity contribution in [2.24, 2.45) is 0 Å². The van der Waals surface area contributed by atoms with E-state index in [0.29, 0.717) is 11.5 Å². The van der Waals surface area contributed by atoms with Gasteiger partial charge in [0, 0.05) is 10.7 Å². The average Bonchev–Trinajstić information content (AvgIpc) is 2.81. The Kier molecular flexibility index (Phi) is 2.79. The van der Waals surface area contributed by atoms with Crippen LogP contribution in [0.3, 0.4) is 0 Å². The molecule has 3 aromatic heterocycles. The van der Waals surface area contributed by atoms with Gasteiger partial charge < -0.3 is 5.11 Å². The fraction of sp³-hybridized carbons (Fsp3) is 0. The molecule has 0 saturated heterocycles. The first-order valence-corrected chi connectivity index (χ1v) is 6.28. The molecule has 0 amide bonds. The Morgan fingerprint density at radius 2 is 2.11 bits per heavy atom. The van der Waals surface area contributed by atoms with Crippen LogP contribution in [0.2, 0.25) is 0 Å². The Morgan fingerprint density at radius 3 is 2.89 bits per heavy atom. The molecule has 0 aliphatic carbocycles. The molecule has 0 aliphatic rings. The normalized spacial score (nSPS) is 10.8. The molecule has 0 fully saturated rings. The fourth-order valence-corrected chi connectivity index (χ4v) is 2.17. The summed E-state index contributed by atoms with van der Waals surface area (Å²) in [5.41, 5.74) is 1.45. The van der Waals surface area contributed by atoms with Gasteiger partial charge >= 0.3 is 5.97 Å². The molecule has 3 aromatic rings. The highest BCUT2D eigenvalue weighted by atomic mass is 79.9. The highest BCUT2D eigenvalue weighted by Gasteiger charge is 2.11. The zero-order chi connectivity index (χ0) is 13.4. The average molecular weight is 318 g/mol. The molecule has 19 heavy (non-hydrogen) atoms. The highest BCUT2D eigenvalue weighted by Crippen LogP contribution is 2.20. The minimum atomic E-state index is -1.05. The van der Waals surface area contributed by atoms with Crippen molar-refractivity contribution < 1.29 is 9.90 Å². The number of nitrogens with zero attached hydrogens (tertiary/aromatic N) is 3. The maximum Gasteiger partial charge on any atom is 0.354 e. The van der Waals surface area contributed by atoms with Gasteiger partial charge in [0.05, 0.1) is 11.7 Å². The van der Waals surface area contributed by atoms with Crippen LogP contribution in [-0.4, -0.2) is 25.4 Å². The van der Waals surface area contributed by atoms with Crippen molar-refractivity contribution in [1.29, 1.82) is 0 Å². The van der Waals surface area contributed by atoms with Gasteiger partial charge in [0.15, 0.2) is 5.82 Å². The van der Waals surface area contributed by atoms with Crippen LogP contribution >= 0.6 is 15.9 Å². The molecule has 0 aliphatic heterocycles. The van der Waals surface area contributed by atoms with E-state index in [4.69, 9.17) is 5.11 Å². The molecule has 0 saturated carbocycles. The van der Waals surface area contributed by atoms with Gasteiger partial charge in [-0.1, -0.05) is 6.07 Å². The van der Waals surface area contributed by atoms with Gasteiger partial charge in [0.1, 0.15) is 11.4 Å². The van der Waals surface area contributed by atoms with Crippen LogP contribution in [0.5, 0.6) is 0 Å². The van der Waals surface area contributed by atoms with Gasteiger partial charge in [-0.25, -0.2) is 14.8 Å². The van der Waals surface area contributed by atoms with Gasteiger partial charge in [0.2, 0.25) is 0 Å². The number of imidazole rings is 1. The van der Waals surface area contributed by atoms with Gasteiger partial charge in [-0.3, -0.25) is 4.40 Å². The lowest BCUT2D eigenvalue weighted by Crippen LogP contribution is -2.01. The standard InChI is InChI=1S/C13H8BrN3O2/c14-8-4-5-9-6-15-12(17(9)7-8)10-2-1-3-11(16-10)13(18)19/h1-7H,(H,18,19). The van der Waals surface area contributed by atoms with Crippen LogP contribution in [-0.2, 0) is 0 Å². The number of halogens is 1. The van der Waals surface area contributed by atoms with Crippen LogP contribution in [0, 0.1) is 0 Å². The quantitative estimate of drug-likeness (QED) is 0.789. The van der Waals surface area contributed by atoms with Gasteiger partial charge in [0.25, 0.3) is 0 Å². The summed E-state index contributed by atoms with van der Waals surface area (Å²) < 4.78 is 2.77. The SMILES string of the molecule is O=C(O)c1cccc(-c2ncc3ccc(Br)cn23)n1. The van der Waals surface area contributed by atoms with Crippen molar-refractivity contribution in [3.63, 3.8) is 0 Å². The maximum absolute atomic E-state index is 10.9. The predicted octanol–water partition coefficient (Wildman–Crippen LogP) is 2.86. The van der Waals surface area contributed by atoms with Crippen molar-refractivity contribution in [3.05, 3.63) is 52.9 Å². The van der Waals surface area contributed by atoms with Crippen molar-refractivity contribution in [3.8, 4) is 11.5 Å². The summed E-state index contributed by atoms with van der Waals surface area (Å²) in [5, 5.41) is 8.97. The molecule has 0 atom stereocenters. The Hall–Kier alpha value is -2.21. The van der Waals surface area contributed by atoms with E-state index in [1.165, 1.54) is 6.07 Å². The second-order valence-corrected chi connectivity index (χ2v) is 4.85. The largest absolute Gasteiger partial charge is 0.477 e. The summed E-state index contributed by atoms with van der Waals surface area (Å²) in [6, 6.07) is 8.69. The molecule has 3 rings (SSSR count). The van der Waals surface area contributed by atoms with Gasteiger partial charge in [-0.15, -0.1) is 0 Å². The lowest BCUT2D eigenvalue weighted by atomic mass is 10.3. The summed E-state index contributed by atoms with van der Waals surface area (Å²) in [6.45, 7) is 0. The van der Waals surface area contributed by atoms with Crippen molar-refractivity contribution >= 4 is 27.4 Å². The fourth-order valence-electron chi connectivity index (χ4n) is 1.83. The zero-order valence-corrected chi connectivity index (χ0v) is 11.2. The number of carboxylic acid groups (broad SMARTS) is 1. The second-order valence-electron chi connectivity index (χ2n) is 3.94. The van der Waals surface area contributed by atoms with Gasteiger partial charge in [-0.2, -0.15) is 0 Å². The summed E-state index contributed by atoms with van der Waals surface area (Å²) >= 11 is 3.40. The first-order chi connectivity index (χ1) is 9.15. The minimum absolute atomic E-state index is 0.00393. The van der Waals surface area contributed by atoms with E-state index >= 15 is 0 Å². The number of aromatic carboxylic acids is 1. The van der Waals surface area contributed by atoms with Crippen molar-refractivity contribution in [2.75, 3.05) is 0 Å². The molecular weight excluding hydrogens is 310 g/mol. The molecule has 0 bridgehead atoms. The molecule has 0 spiro atoms. The molecule has 0 aromatic carbocycles. The van der Waals surface area contributed by atoms with E-state index in [2.05, 4.69) is 25.9 Å². The number of hydrogen-bond donors (Lipinski definition) is 1. The molecular formula is C13H8BrN3O2. The number of carboxylic acids is 1. The third-order valence-electron chi connectivity index (χ3n) is 2.69. The smallest absolute Gasteiger partial charge is 0.354 e. The van der Waals surface area contributed by atoms with E-state index < -0.39 is 5.97 Å². The van der Waals surface area contributed by atoms with Crippen molar-refractivity contribution in [1.82, 2.24) is 14.4 Å². The summed E-state index contributed by atoms with van der Waals surface area (Å²) in [5.74, 6) is -0.441. The highest BCUT2D eigenvalue weighted by molar-refractivity contribution is 9.10. The third kappa shape index (κ3) is 2.10. The van der Waals surface area contributed by atoms with Crippen LogP contribution < -0.4 is 0 Å². The first-order valence-electron chi connectivity index (χ1n) is 5.48. The number of pyridine rings is 2. The van der Waals surface area contributed by atoms with Crippen LogP contribution in [0.1, 0.15) is 10.5 Å². The monoisotopic (exact) mass is 317 g/mol. The summed E-state index contributed by atoms with van der Waals surface area (Å²) in [6.07, 6.45) is 3.59. The Morgan fingerprint density at radius 1 is 1.26 bits per heavy atom. The van der Waals surface area contributed by atoms with Crippen LogP contribution in [0.4, 0.5) is 0 Å². The van der Waals surface area contributed by atoms with E-state index in [-0.39, 0.29) is 5.69 Å². The maximum atomic E-state index is 10.9. The molecule has 1 N–H and O–H groups in total. The van der Waals surface area contributed by atoms with Crippen LogP contribution in [0.25, 0.3) is 17.0 Å². The van der Waals surface area contributed by atoms with E-state index in [9.17, 15) is 4.79 Å². The van der Waals surface area contributed by atoms with Gasteiger partial charge in [-0.05, 0) is 40.2 Å². The number of rotatable bonds is 2. The Labute approximate surface area is 116 Å². The lowest BCUT2D eigenvalue weighted by molar-refractivity contribution is 0.0690. The summed E-state index contributed by atoms with van der Waals surface area (Å²) in [7, 11) is 0. The molecule has 5 nitrogen and oxygen atoms in total. The Balaban J connectivity index is 2.21. The van der Waals surface area contributed by atoms with E-state index in [1.54, 1.807) is 18.3 Å². The van der Waals surface area contributed by atoms with Crippen molar-refractivity contribution in [2.45, 2.75) is 0 Å². The van der Waals surface area contributed by atoms with E-state index in [0.717, 1.165) is 9.99 Å². The molecule has 94 valence electrons. The topological polar surface area (TPSA) is 67.5 Å². The molecule has 6 heteroatoms. The third-order valence-corrected chi connectivity index (χ3v) is 3.16. The minimum Gasteiger partial charge on any atom is -0.477 e. The number of aromatic nitrogens is 3. The summed E-state index contributed by atoms with van der Waals surface area (Å²) in [4.78, 5) is 19.3. The number of fused-ring (bicyclic) bond motifs is 1. The Bertz CT molecular complexity index is 782. The predicted molar refractivity (Wildman–Crippen MR) is 73.1 cm³/mol. The second kappa shape index (κ2) is 4.47. The lowest BCUT2D eigenvalue weighted by Gasteiger charge is -2.02. The molecule has 3 heterocycles. The van der Waals surface area contributed by atoms with Crippen LogP contribution in [0.15, 0.2) is 47.2 Å². The number of carbonyl (C=O) groups is 1. The zero-order valence-electron chi connectivity index (χ0n) is 9.62. The molecule has 0 radical (unpaired) electrons. The number of hydrogen-bond acceptors (Lipinski definition) is 3. The van der Waals surface area contributed by atoms with E-state index in [1.807, 2.05) is 22.7 Å². The molecule has 0 unspecified atom stereocenters. The first kappa shape index (κ1) is 11.9.